The summed E-state index contributed by atoms with van der Waals surface area (Å²) in [5, 5.41) is 23.6. The number of ether oxygens (including phenoxy) is 1. The maximum atomic E-state index is 13.1. The molecule has 55 heavy (non-hydrogen) atoms. The van der Waals surface area contributed by atoms with Gasteiger partial charge in [0.1, 0.15) is 6.10 Å². The summed E-state index contributed by atoms with van der Waals surface area (Å²) in [7, 11) is 0. The van der Waals surface area contributed by atoms with Gasteiger partial charge in [-0.05, 0) is 70.6 Å². The number of aliphatic hydroxyl groups excluding tert-OH is 2. The van der Waals surface area contributed by atoms with Crippen LogP contribution in [0.2, 0.25) is 0 Å². The highest BCUT2D eigenvalue weighted by Crippen LogP contribution is 2.17. The number of esters is 1. The zero-order chi connectivity index (χ0) is 40.3. The van der Waals surface area contributed by atoms with Crippen LogP contribution >= 0.6 is 0 Å². The van der Waals surface area contributed by atoms with E-state index in [-0.39, 0.29) is 24.9 Å². The lowest BCUT2D eigenvalue weighted by Crippen LogP contribution is -2.46. The monoisotopic (exact) mass is 772 g/mol. The first-order chi connectivity index (χ1) is 27.0. The standard InChI is InChI=1S/C49H89NO5/c1-4-7-10-13-16-19-22-23-24-25-27-30-33-36-39-42-49(54)55-45(40-37-34-31-28-21-18-15-12-9-6-3)43-48(53)50-46(44-51)47(52)41-38-35-32-29-26-20-17-14-11-8-5-2/h7,10,13,16,18-19,21-22,45-47,51-52H,4-6,8-9,11-12,14-15,17,20,23-44H2,1-3H3,(H,50,53)/b10-7+,16-13+,21-18-,22-19+. The highest BCUT2D eigenvalue weighted by Gasteiger charge is 2.24. The van der Waals surface area contributed by atoms with Gasteiger partial charge in [-0.3, -0.25) is 9.59 Å². The molecule has 0 rings (SSSR count). The summed E-state index contributed by atoms with van der Waals surface area (Å²) in [6, 6.07) is -0.706. The summed E-state index contributed by atoms with van der Waals surface area (Å²) in [6.45, 7) is 6.30. The van der Waals surface area contributed by atoms with E-state index in [0.29, 0.717) is 19.3 Å². The Morgan fingerprint density at radius 1 is 0.545 bits per heavy atom. The molecule has 0 bridgehead atoms. The Morgan fingerprint density at radius 3 is 1.58 bits per heavy atom. The summed E-state index contributed by atoms with van der Waals surface area (Å²) in [6.07, 6.45) is 50.3. The third-order valence-corrected chi connectivity index (χ3v) is 10.5. The van der Waals surface area contributed by atoms with Crippen molar-refractivity contribution < 1.29 is 24.5 Å². The fourth-order valence-electron chi connectivity index (χ4n) is 6.89. The molecule has 0 aromatic carbocycles. The lowest BCUT2D eigenvalue weighted by Gasteiger charge is -2.24. The second-order valence-electron chi connectivity index (χ2n) is 15.8. The van der Waals surface area contributed by atoms with Gasteiger partial charge in [0.2, 0.25) is 5.91 Å². The van der Waals surface area contributed by atoms with Crippen LogP contribution in [0.3, 0.4) is 0 Å². The molecule has 0 radical (unpaired) electrons. The normalized spacial score (nSPS) is 13.8. The van der Waals surface area contributed by atoms with Crippen molar-refractivity contribution in [2.75, 3.05) is 6.61 Å². The number of unbranched alkanes of at least 4 members (excludes halogenated alkanes) is 23. The summed E-state index contributed by atoms with van der Waals surface area (Å²) in [4.78, 5) is 26.0. The quantitative estimate of drug-likeness (QED) is 0.0249. The molecule has 3 atom stereocenters. The Balaban J connectivity index is 4.57. The minimum Gasteiger partial charge on any atom is -0.462 e. The molecule has 3 N–H and O–H groups in total. The van der Waals surface area contributed by atoms with Crippen LogP contribution in [0, 0.1) is 0 Å². The molecule has 0 aliphatic rings. The van der Waals surface area contributed by atoms with Gasteiger partial charge >= 0.3 is 5.97 Å². The number of nitrogens with one attached hydrogen (secondary N) is 1. The van der Waals surface area contributed by atoms with Gasteiger partial charge in [-0.1, -0.05) is 191 Å². The van der Waals surface area contributed by atoms with Crippen molar-refractivity contribution in [2.45, 2.75) is 244 Å². The predicted molar refractivity (Wildman–Crippen MR) is 236 cm³/mol. The topological polar surface area (TPSA) is 95.9 Å². The van der Waals surface area contributed by atoms with Crippen LogP contribution < -0.4 is 5.32 Å². The maximum absolute atomic E-state index is 13.1. The SMILES string of the molecule is CC/C=C/C=C/C=C/CCCCCCCCCC(=O)OC(CCCCC/C=C\CCCCC)CC(=O)NC(CO)C(O)CCCCCCCCCCCCC. The van der Waals surface area contributed by atoms with Gasteiger partial charge in [-0.2, -0.15) is 0 Å². The van der Waals surface area contributed by atoms with E-state index in [9.17, 15) is 19.8 Å². The van der Waals surface area contributed by atoms with Gasteiger partial charge in [-0.25, -0.2) is 0 Å². The van der Waals surface area contributed by atoms with Crippen LogP contribution in [-0.2, 0) is 14.3 Å². The Morgan fingerprint density at radius 2 is 1.00 bits per heavy atom. The summed E-state index contributed by atoms with van der Waals surface area (Å²) in [5.41, 5.74) is 0. The van der Waals surface area contributed by atoms with E-state index in [1.54, 1.807) is 0 Å². The van der Waals surface area contributed by atoms with Crippen LogP contribution in [0.4, 0.5) is 0 Å². The smallest absolute Gasteiger partial charge is 0.306 e. The molecule has 1 amide bonds. The van der Waals surface area contributed by atoms with Crippen LogP contribution in [0.15, 0.2) is 48.6 Å². The fraction of sp³-hybridized carbons (Fsp3) is 0.796. The molecule has 320 valence electrons. The Labute approximate surface area is 340 Å². The molecule has 6 nitrogen and oxygen atoms in total. The first-order valence-electron chi connectivity index (χ1n) is 23.4. The van der Waals surface area contributed by atoms with Crippen LogP contribution in [0.25, 0.3) is 0 Å². The van der Waals surface area contributed by atoms with Crippen molar-refractivity contribution in [1.82, 2.24) is 5.32 Å². The molecule has 0 aromatic heterocycles. The molecule has 0 aliphatic carbocycles. The van der Waals surface area contributed by atoms with E-state index in [2.05, 4.69) is 74.7 Å². The van der Waals surface area contributed by atoms with E-state index in [1.165, 1.54) is 96.3 Å². The largest absolute Gasteiger partial charge is 0.462 e. The van der Waals surface area contributed by atoms with Gasteiger partial charge in [0, 0.05) is 6.42 Å². The molecule has 0 heterocycles. The Kier molecular flexibility index (Phi) is 41.2. The second-order valence-corrected chi connectivity index (χ2v) is 15.8. The second kappa shape index (κ2) is 43.0. The number of amides is 1. The lowest BCUT2D eigenvalue weighted by molar-refractivity contribution is -0.151. The van der Waals surface area contributed by atoms with Gasteiger partial charge < -0.3 is 20.3 Å². The fourth-order valence-corrected chi connectivity index (χ4v) is 6.89. The molecular weight excluding hydrogens is 683 g/mol. The van der Waals surface area contributed by atoms with Gasteiger partial charge in [0.25, 0.3) is 0 Å². The molecular formula is C49H89NO5. The minimum atomic E-state index is -0.791. The van der Waals surface area contributed by atoms with Crippen molar-refractivity contribution in [3.63, 3.8) is 0 Å². The minimum absolute atomic E-state index is 0.0616. The van der Waals surface area contributed by atoms with Gasteiger partial charge in [0.05, 0.1) is 25.2 Å². The highest BCUT2D eigenvalue weighted by molar-refractivity contribution is 5.77. The number of aliphatic hydroxyl groups is 2. The Bertz CT molecular complexity index is 957. The molecule has 3 unspecified atom stereocenters. The van der Waals surface area contributed by atoms with Crippen molar-refractivity contribution in [2.24, 2.45) is 0 Å². The van der Waals surface area contributed by atoms with Crippen molar-refractivity contribution in [1.29, 1.82) is 0 Å². The summed E-state index contributed by atoms with van der Waals surface area (Å²) < 4.78 is 5.89. The number of carbonyl (C=O) groups is 2. The highest BCUT2D eigenvalue weighted by atomic mass is 16.5. The zero-order valence-electron chi connectivity index (χ0n) is 36.3. The van der Waals surface area contributed by atoms with E-state index in [1.807, 2.05) is 0 Å². The summed E-state index contributed by atoms with van der Waals surface area (Å²) >= 11 is 0. The number of rotatable bonds is 41. The molecule has 0 saturated heterocycles. The third-order valence-electron chi connectivity index (χ3n) is 10.5. The number of carbonyl (C=O) groups excluding carboxylic acids is 2. The van der Waals surface area contributed by atoms with Crippen LogP contribution in [-0.4, -0.2) is 46.9 Å². The average Bonchev–Trinajstić information content (AvgIpc) is 3.18. The molecule has 0 aromatic rings. The first kappa shape index (κ1) is 52.8. The number of allylic oxidation sites excluding steroid dienone is 8. The van der Waals surface area contributed by atoms with E-state index < -0.39 is 18.2 Å². The molecule has 0 aliphatic heterocycles. The average molecular weight is 772 g/mol. The van der Waals surface area contributed by atoms with E-state index in [0.717, 1.165) is 83.5 Å². The van der Waals surface area contributed by atoms with E-state index in [4.69, 9.17) is 4.74 Å². The summed E-state index contributed by atoms with van der Waals surface area (Å²) in [5.74, 6) is -0.505. The molecule has 0 fully saturated rings. The number of hydrogen-bond acceptors (Lipinski definition) is 5. The van der Waals surface area contributed by atoms with Crippen molar-refractivity contribution in [3.05, 3.63) is 48.6 Å². The van der Waals surface area contributed by atoms with Gasteiger partial charge in [-0.15, -0.1) is 0 Å². The van der Waals surface area contributed by atoms with Gasteiger partial charge in [0.15, 0.2) is 0 Å². The Hall–Kier alpha value is -2.18. The number of hydrogen-bond donors (Lipinski definition) is 3. The maximum Gasteiger partial charge on any atom is 0.306 e. The van der Waals surface area contributed by atoms with Crippen LogP contribution in [0.1, 0.15) is 226 Å². The molecule has 0 saturated carbocycles. The van der Waals surface area contributed by atoms with Crippen molar-refractivity contribution >= 4 is 11.9 Å². The molecule has 0 spiro atoms. The van der Waals surface area contributed by atoms with Crippen molar-refractivity contribution in [3.8, 4) is 0 Å². The predicted octanol–water partition coefficient (Wildman–Crippen LogP) is 13.5. The lowest BCUT2D eigenvalue weighted by atomic mass is 10.0. The first-order valence-corrected chi connectivity index (χ1v) is 23.4. The molecule has 6 heteroatoms. The van der Waals surface area contributed by atoms with E-state index >= 15 is 0 Å². The zero-order valence-corrected chi connectivity index (χ0v) is 36.3. The van der Waals surface area contributed by atoms with Crippen LogP contribution in [0.5, 0.6) is 0 Å². The third kappa shape index (κ3) is 38.5.